The first-order chi connectivity index (χ1) is 8.59. The van der Waals surface area contributed by atoms with Crippen molar-refractivity contribution in [3.05, 3.63) is 34.3 Å². The number of carbonyl (C=O) groups is 1. The fraction of sp³-hybridized carbons (Fsp3) is 0.462. The predicted molar refractivity (Wildman–Crippen MR) is 78.0 cm³/mol. The second-order valence-corrected chi connectivity index (χ2v) is 6.67. The van der Waals surface area contributed by atoms with Crippen LogP contribution < -0.4 is 5.32 Å². The lowest BCUT2D eigenvalue weighted by Gasteiger charge is -2.31. The van der Waals surface area contributed by atoms with Crippen LogP contribution in [0.25, 0.3) is 0 Å². The number of nitrogens with one attached hydrogen (secondary N) is 1. The molecule has 2 rings (SSSR count). The van der Waals surface area contributed by atoms with Gasteiger partial charge in [0.1, 0.15) is 0 Å². The number of hydrogen-bond acceptors (Lipinski definition) is 3. The zero-order chi connectivity index (χ0) is 13.0. The van der Waals surface area contributed by atoms with Gasteiger partial charge in [-0.15, -0.1) is 0 Å². The minimum atomic E-state index is -0.729. The first-order valence-corrected chi connectivity index (χ1v) is 7.88. The summed E-state index contributed by atoms with van der Waals surface area (Å²) in [6.07, 6.45) is 1.49. The maximum absolute atomic E-state index is 11.9. The van der Waals surface area contributed by atoms with Gasteiger partial charge in [0.25, 0.3) is 5.91 Å². The standard InChI is InChI=1S/C13H16BrNO2S/c14-11-3-1-2-10(8-11)12(16)15-9-13(17)4-6-18-7-5-13/h1-3,8,17H,4-7,9H2,(H,15,16). The highest BCUT2D eigenvalue weighted by atomic mass is 79.9. The number of thioether (sulfide) groups is 1. The molecule has 2 N–H and O–H groups in total. The van der Waals surface area contributed by atoms with Gasteiger partial charge in [-0.25, -0.2) is 0 Å². The molecule has 0 spiro atoms. The Morgan fingerprint density at radius 3 is 2.83 bits per heavy atom. The molecular formula is C13H16BrNO2S. The van der Waals surface area contributed by atoms with Crippen molar-refractivity contribution >= 4 is 33.6 Å². The van der Waals surface area contributed by atoms with E-state index >= 15 is 0 Å². The molecule has 0 saturated carbocycles. The van der Waals surface area contributed by atoms with Gasteiger partial charge in [0.15, 0.2) is 0 Å². The quantitative estimate of drug-likeness (QED) is 0.895. The highest BCUT2D eigenvalue weighted by Crippen LogP contribution is 2.26. The molecule has 1 aliphatic rings. The first-order valence-electron chi connectivity index (χ1n) is 5.93. The molecule has 0 unspecified atom stereocenters. The van der Waals surface area contributed by atoms with Gasteiger partial charge in [-0.1, -0.05) is 22.0 Å². The van der Waals surface area contributed by atoms with E-state index in [-0.39, 0.29) is 5.91 Å². The lowest BCUT2D eigenvalue weighted by atomic mass is 9.97. The molecule has 0 aliphatic carbocycles. The van der Waals surface area contributed by atoms with E-state index in [1.165, 1.54) is 0 Å². The number of aliphatic hydroxyl groups is 1. The Bertz CT molecular complexity index is 433. The Balaban J connectivity index is 1.92. The van der Waals surface area contributed by atoms with Crippen molar-refractivity contribution in [2.24, 2.45) is 0 Å². The number of carbonyl (C=O) groups excluding carboxylic acids is 1. The molecule has 1 heterocycles. The van der Waals surface area contributed by atoms with Crippen molar-refractivity contribution in [1.82, 2.24) is 5.32 Å². The van der Waals surface area contributed by atoms with Crippen LogP contribution in [0.2, 0.25) is 0 Å². The summed E-state index contributed by atoms with van der Waals surface area (Å²) in [4.78, 5) is 11.9. The maximum atomic E-state index is 11.9. The largest absolute Gasteiger partial charge is 0.388 e. The second-order valence-electron chi connectivity index (χ2n) is 4.53. The van der Waals surface area contributed by atoms with E-state index in [4.69, 9.17) is 0 Å². The average molecular weight is 330 g/mol. The molecule has 1 fully saturated rings. The summed E-state index contributed by atoms with van der Waals surface area (Å²) in [6, 6.07) is 7.24. The van der Waals surface area contributed by atoms with E-state index in [0.717, 1.165) is 28.8 Å². The Kier molecular flexibility index (Phi) is 4.70. The molecule has 1 aromatic carbocycles. The van der Waals surface area contributed by atoms with Crippen LogP contribution in [-0.2, 0) is 0 Å². The molecule has 98 valence electrons. The predicted octanol–water partition coefficient (Wildman–Crippen LogP) is 2.44. The number of amides is 1. The third kappa shape index (κ3) is 3.73. The molecule has 0 atom stereocenters. The zero-order valence-electron chi connectivity index (χ0n) is 9.99. The topological polar surface area (TPSA) is 49.3 Å². The smallest absolute Gasteiger partial charge is 0.251 e. The lowest BCUT2D eigenvalue weighted by molar-refractivity contribution is 0.0311. The van der Waals surface area contributed by atoms with Crippen LogP contribution in [0.5, 0.6) is 0 Å². The van der Waals surface area contributed by atoms with E-state index in [1.807, 2.05) is 23.9 Å². The molecule has 0 aromatic heterocycles. The van der Waals surface area contributed by atoms with Crippen molar-refractivity contribution in [2.45, 2.75) is 18.4 Å². The maximum Gasteiger partial charge on any atom is 0.251 e. The van der Waals surface area contributed by atoms with E-state index in [1.54, 1.807) is 12.1 Å². The van der Waals surface area contributed by atoms with Gasteiger partial charge in [0, 0.05) is 16.6 Å². The summed E-state index contributed by atoms with van der Waals surface area (Å²) >= 11 is 5.19. The minimum Gasteiger partial charge on any atom is -0.388 e. The highest BCUT2D eigenvalue weighted by molar-refractivity contribution is 9.10. The fourth-order valence-electron chi connectivity index (χ4n) is 1.90. The summed E-state index contributed by atoms with van der Waals surface area (Å²) in [7, 11) is 0. The van der Waals surface area contributed by atoms with Crippen LogP contribution in [0.15, 0.2) is 28.7 Å². The first kappa shape index (κ1) is 13.9. The van der Waals surface area contributed by atoms with Crippen molar-refractivity contribution < 1.29 is 9.90 Å². The van der Waals surface area contributed by atoms with Gasteiger partial charge in [-0.05, 0) is 42.5 Å². The van der Waals surface area contributed by atoms with Crippen LogP contribution in [0.4, 0.5) is 0 Å². The number of hydrogen-bond donors (Lipinski definition) is 2. The van der Waals surface area contributed by atoms with Crippen LogP contribution in [-0.4, -0.2) is 34.7 Å². The van der Waals surface area contributed by atoms with Crippen molar-refractivity contribution in [3.8, 4) is 0 Å². The summed E-state index contributed by atoms with van der Waals surface area (Å²) < 4.78 is 0.878. The second kappa shape index (κ2) is 6.08. The number of halogens is 1. The van der Waals surface area contributed by atoms with Crippen molar-refractivity contribution in [2.75, 3.05) is 18.1 Å². The van der Waals surface area contributed by atoms with E-state index < -0.39 is 5.60 Å². The molecule has 5 heteroatoms. The van der Waals surface area contributed by atoms with Crippen molar-refractivity contribution in [3.63, 3.8) is 0 Å². The normalized spacial score (nSPS) is 18.3. The average Bonchev–Trinajstić information content (AvgIpc) is 2.37. The van der Waals surface area contributed by atoms with Crippen LogP contribution in [0, 0.1) is 0 Å². The molecule has 1 aliphatic heterocycles. The number of rotatable bonds is 3. The Morgan fingerprint density at radius 1 is 1.44 bits per heavy atom. The fourth-order valence-corrected chi connectivity index (χ4v) is 3.56. The van der Waals surface area contributed by atoms with E-state index in [0.29, 0.717) is 12.1 Å². The molecule has 0 radical (unpaired) electrons. The SMILES string of the molecule is O=C(NCC1(O)CCSCC1)c1cccc(Br)c1. The molecule has 18 heavy (non-hydrogen) atoms. The number of benzene rings is 1. The van der Waals surface area contributed by atoms with E-state index in [2.05, 4.69) is 21.2 Å². The van der Waals surface area contributed by atoms with Gasteiger partial charge in [0.05, 0.1) is 5.60 Å². The van der Waals surface area contributed by atoms with Crippen molar-refractivity contribution in [1.29, 1.82) is 0 Å². The Morgan fingerprint density at radius 2 is 2.17 bits per heavy atom. The third-order valence-electron chi connectivity index (χ3n) is 3.09. The Labute approximate surface area is 119 Å². The highest BCUT2D eigenvalue weighted by Gasteiger charge is 2.29. The third-order valence-corrected chi connectivity index (χ3v) is 4.57. The zero-order valence-corrected chi connectivity index (χ0v) is 12.4. The summed E-state index contributed by atoms with van der Waals surface area (Å²) in [6.45, 7) is 0.332. The molecule has 3 nitrogen and oxygen atoms in total. The molecular weight excluding hydrogens is 314 g/mol. The molecule has 0 bridgehead atoms. The van der Waals surface area contributed by atoms with Gasteiger partial charge in [-0.2, -0.15) is 11.8 Å². The van der Waals surface area contributed by atoms with Gasteiger partial charge in [-0.3, -0.25) is 4.79 Å². The van der Waals surface area contributed by atoms with Crippen LogP contribution in [0.1, 0.15) is 23.2 Å². The Hall–Kier alpha value is -0.520. The summed E-state index contributed by atoms with van der Waals surface area (Å²) in [5.41, 5.74) is -0.120. The molecule has 1 amide bonds. The summed E-state index contributed by atoms with van der Waals surface area (Å²) in [5, 5.41) is 13.1. The summed E-state index contributed by atoms with van der Waals surface area (Å²) in [5.74, 6) is 1.79. The van der Waals surface area contributed by atoms with Crippen LogP contribution >= 0.6 is 27.7 Å². The van der Waals surface area contributed by atoms with E-state index in [9.17, 15) is 9.90 Å². The van der Waals surface area contributed by atoms with Crippen LogP contribution in [0.3, 0.4) is 0 Å². The van der Waals surface area contributed by atoms with Gasteiger partial charge in [0.2, 0.25) is 0 Å². The monoisotopic (exact) mass is 329 g/mol. The molecule has 1 saturated heterocycles. The lowest BCUT2D eigenvalue weighted by Crippen LogP contribution is -2.45. The molecule has 1 aromatic rings. The minimum absolute atomic E-state index is 0.136. The van der Waals surface area contributed by atoms with Gasteiger partial charge >= 0.3 is 0 Å². The van der Waals surface area contributed by atoms with Gasteiger partial charge < -0.3 is 10.4 Å².